The van der Waals surface area contributed by atoms with Crippen LogP contribution in [0.3, 0.4) is 0 Å². The summed E-state index contributed by atoms with van der Waals surface area (Å²) in [7, 11) is 0. The number of ether oxygens (including phenoxy) is 2. The topological polar surface area (TPSA) is 58.9 Å². The van der Waals surface area contributed by atoms with Crippen molar-refractivity contribution in [1.82, 2.24) is 0 Å². The maximum Gasteiger partial charge on any atom is 0.0650 e. The van der Waals surface area contributed by atoms with E-state index in [0.717, 1.165) is 25.7 Å². The Balaban J connectivity index is 2.90. The van der Waals surface area contributed by atoms with Gasteiger partial charge in [-0.25, -0.2) is 0 Å². The Kier molecular flexibility index (Phi) is 7.80. The second-order valence-electron chi connectivity index (χ2n) is 7.88. The van der Waals surface area contributed by atoms with Crippen molar-refractivity contribution < 1.29 is 19.7 Å². The van der Waals surface area contributed by atoms with Gasteiger partial charge in [-0.1, -0.05) is 41.0 Å². The van der Waals surface area contributed by atoms with E-state index in [1.165, 1.54) is 0 Å². The predicted octanol–water partition coefficient (Wildman–Crippen LogP) is 3.00. The number of aliphatic hydroxyl groups excluding tert-OH is 2. The standard InChI is InChI=1S/C18H36O4/c1-6-14(3)8-15-9-16(17(4,5)7-2)22-13-18(10-19,11-20)12-21-15/h14-16,19-20H,6-13H2,1-5H3. The molecule has 0 radical (unpaired) electrons. The Morgan fingerprint density at radius 1 is 1.14 bits per heavy atom. The highest BCUT2D eigenvalue weighted by Gasteiger charge is 2.39. The third kappa shape index (κ3) is 5.19. The Morgan fingerprint density at radius 3 is 2.23 bits per heavy atom. The fourth-order valence-electron chi connectivity index (χ4n) is 2.77. The Hall–Kier alpha value is -0.160. The molecule has 1 aliphatic heterocycles. The molecule has 0 spiro atoms. The van der Waals surface area contributed by atoms with Gasteiger partial charge in [-0.15, -0.1) is 0 Å². The van der Waals surface area contributed by atoms with E-state index >= 15 is 0 Å². The zero-order valence-electron chi connectivity index (χ0n) is 15.1. The van der Waals surface area contributed by atoms with Gasteiger partial charge in [0.15, 0.2) is 0 Å². The lowest BCUT2D eigenvalue weighted by atomic mass is 9.79. The van der Waals surface area contributed by atoms with Gasteiger partial charge in [-0.05, 0) is 24.2 Å². The summed E-state index contributed by atoms with van der Waals surface area (Å²) in [5, 5.41) is 19.4. The molecule has 3 unspecified atom stereocenters. The van der Waals surface area contributed by atoms with Crippen molar-refractivity contribution in [2.24, 2.45) is 16.7 Å². The SMILES string of the molecule is CCC(C)CC1CC(C(C)(C)CC)OCC(CO)(CO)CO1. The molecule has 1 fully saturated rings. The first kappa shape index (κ1) is 19.9. The monoisotopic (exact) mass is 316 g/mol. The first-order chi connectivity index (χ1) is 10.3. The molecule has 1 saturated heterocycles. The molecular formula is C18H36O4. The minimum absolute atomic E-state index is 0.0606. The highest BCUT2D eigenvalue weighted by Crippen LogP contribution is 2.35. The molecule has 4 heteroatoms. The first-order valence-corrected chi connectivity index (χ1v) is 8.77. The molecule has 1 aliphatic rings. The van der Waals surface area contributed by atoms with Crippen molar-refractivity contribution >= 4 is 0 Å². The van der Waals surface area contributed by atoms with Gasteiger partial charge in [0.1, 0.15) is 0 Å². The molecule has 0 bridgehead atoms. The van der Waals surface area contributed by atoms with Crippen LogP contribution in [0.25, 0.3) is 0 Å². The summed E-state index contributed by atoms with van der Waals surface area (Å²) in [6, 6.07) is 0. The second kappa shape index (κ2) is 8.62. The summed E-state index contributed by atoms with van der Waals surface area (Å²) < 4.78 is 12.3. The zero-order chi connectivity index (χ0) is 16.8. The minimum Gasteiger partial charge on any atom is -0.396 e. The Bertz CT molecular complexity index is 312. The molecule has 0 aromatic heterocycles. The molecule has 0 saturated carbocycles. The van der Waals surface area contributed by atoms with Gasteiger partial charge in [-0.3, -0.25) is 0 Å². The van der Waals surface area contributed by atoms with E-state index in [1.54, 1.807) is 0 Å². The molecule has 3 atom stereocenters. The average Bonchev–Trinajstić information content (AvgIpc) is 2.50. The average molecular weight is 316 g/mol. The van der Waals surface area contributed by atoms with Crippen LogP contribution in [0, 0.1) is 16.7 Å². The van der Waals surface area contributed by atoms with E-state index in [0.29, 0.717) is 19.1 Å². The van der Waals surface area contributed by atoms with E-state index in [-0.39, 0.29) is 30.8 Å². The lowest BCUT2D eigenvalue weighted by Gasteiger charge is -2.42. The van der Waals surface area contributed by atoms with Crippen LogP contribution in [0.4, 0.5) is 0 Å². The van der Waals surface area contributed by atoms with E-state index < -0.39 is 5.41 Å². The summed E-state index contributed by atoms with van der Waals surface area (Å²) >= 11 is 0. The fraction of sp³-hybridized carbons (Fsp3) is 1.00. The molecule has 0 aliphatic carbocycles. The van der Waals surface area contributed by atoms with E-state index in [4.69, 9.17) is 9.47 Å². The van der Waals surface area contributed by atoms with Gasteiger partial charge < -0.3 is 19.7 Å². The van der Waals surface area contributed by atoms with Gasteiger partial charge in [0, 0.05) is 6.42 Å². The van der Waals surface area contributed by atoms with Crippen molar-refractivity contribution in [3.05, 3.63) is 0 Å². The van der Waals surface area contributed by atoms with Gasteiger partial charge >= 0.3 is 0 Å². The van der Waals surface area contributed by atoms with Crippen molar-refractivity contribution in [2.75, 3.05) is 26.4 Å². The summed E-state index contributed by atoms with van der Waals surface area (Å²) in [5.74, 6) is 0.604. The largest absolute Gasteiger partial charge is 0.396 e. The molecular weight excluding hydrogens is 280 g/mol. The molecule has 1 rings (SSSR count). The number of hydrogen-bond donors (Lipinski definition) is 2. The van der Waals surface area contributed by atoms with Gasteiger partial charge in [0.2, 0.25) is 0 Å². The smallest absolute Gasteiger partial charge is 0.0650 e. The van der Waals surface area contributed by atoms with Crippen LogP contribution in [-0.2, 0) is 9.47 Å². The maximum atomic E-state index is 9.70. The molecule has 132 valence electrons. The van der Waals surface area contributed by atoms with Crippen molar-refractivity contribution in [2.45, 2.75) is 72.5 Å². The van der Waals surface area contributed by atoms with Crippen LogP contribution >= 0.6 is 0 Å². The van der Waals surface area contributed by atoms with Crippen LogP contribution in [0.2, 0.25) is 0 Å². The lowest BCUT2D eigenvalue weighted by Crippen LogP contribution is -2.47. The number of hydrogen-bond acceptors (Lipinski definition) is 4. The minimum atomic E-state index is -0.684. The zero-order valence-corrected chi connectivity index (χ0v) is 15.1. The fourth-order valence-corrected chi connectivity index (χ4v) is 2.77. The van der Waals surface area contributed by atoms with Crippen LogP contribution in [0.5, 0.6) is 0 Å². The third-order valence-electron chi connectivity index (χ3n) is 5.51. The number of aliphatic hydroxyl groups is 2. The third-order valence-corrected chi connectivity index (χ3v) is 5.51. The molecule has 0 aromatic rings. The van der Waals surface area contributed by atoms with Crippen molar-refractivity contribution in [3.8, 4) is 0 Å². The molecule has 0 amide bonds. The molecule has 2 N–H and O–H groups in total. The summed E-state index contributed by atoms with van der Waals surface area (Å²) in [6.07, 6.45) is 4.27. The van der Waals surface area contributed by atoms with Gasteiger partial charge in [0.25, 0.3) is 0 Å². The van der Waals surface area contributed by atoms with Gasteiger partial charge in [0.05, 0.1) is 44.1 Å². The van der Waals surface area contributed by atoms with Crippen LogP contribution in [0.15, 0.2) is 0 Å². The highest BCUT2D eigenvalue weighted by molar-refractivity contribution is 4.87. The first-order valence-electron chi connectivity index (χ1n) is 8.77. The highest BCUT2D eigenvalue weighted by atomic mass is 16.5. The number of rotatable bonds is 7. The lowest BCUT2D eigenvalue weighted by molar-refractivity contribution is -0.168. The van der Waals surface area contributed by atoms with E-state index in [1.807, 2.05) is 0 Å². The van der Waals surface area contributed by atoms with Gasteiger partial charge in [-0.2, -0.15) is 0 Å². The van der Waals surface area contributed by atoms with E-state index in [9.17, 15) is 10.2 Å². The Morgan fingerprint density at radius 2 is 1.73 bits per heavy atom. The van der Waals surface area contributed by atoms with E-state index in [2.05, 4.69) is 34.6 Å². The molecule has 0 aromatic carbocycles. The molecule has 1 heterocycles. The Labute approximate surface area is 136 Å². The summed E-state index contributed by atoms with van der Waals surface area (Å²) in [5.41, 5.74) is -0.624. The van der Waals surface area contributed by atoms with Crippen LogP contribution in [-0.4, -0.2) is 48.8 Å². The second-order valence-corrected chi connectivity index (χ2v) is 7.88. The summed E-state index contributed by atoms with van der Waals surface area (Å²) in [4.78, 5) is 0. The molecule has 22 heavy (non-hydrogen) atoms. The van der Waals surface area contributed by atoms with Crippen LogP contribution < -0.4 is 0 Å². The maximum absolute atomic E-state index is 9.70. The molecule has 4 nitrogen and oxygen atoms in total. The van der Waals surface area contributed by atoms with Crippen molar-refractivity contribution in [3.63, 3.8) is 0 Å². The van der Waals surface area contributed by atoms with Crippen LogP contribution in [0.1, 0.15) is 60.3 Å². The summed E-state index contributed by atoms with van der Waals surface area (Å²) in [6.45, 7) is 11.6. The quantitative estimate of drug-likeness (QED) is 0.758. The van der Waals surface area contributed by atoms with Crippen molar-refractivity contribution in [1.29, 1.82) is 0 Å². The normalized spacial score (nSPS) is 28.0. The predicted molar refractivity (Wildman–Crippen MR) is 88.8 cm³/mol.